The van der Waals surface area contributed by atoms with Gasteiger partial charge in [-0.15, -0.1) is 11.8 Å². The molecule has 3 aromatic carbocycles. The van der Waals surface area contributed by atoms with Crippen LogP contribution in [0.25, 0.3) is 0 Å². The molecular formula is C24H20F4N2O3S. The molecule has 1 unspecified atom stereocenters. The van der Waals surface area contributed by atoms with Crippen molar-refractivity contribution in [1.82, 2.24) is 0 Å². The maximum Gasteiger partial charge on any atom is 0.255 e. The van der Waals surface area contributed by atoms with Crippen molar-refractivity contribution in [3.8, 4) is 5.75 Å². The van der Waals surface area contributed by atoms with E-state index >= 15 is 0 Å². The molecule has 34 heavy (non-hydrogen) atoms. The standard InChI is InChI=1S/C24H20F4N2O3S/c1-3-19(24(32)30-22-20(27)17(25)12-18(26)21(22)28)34-16-9-5-7-14(11-16)29-23(31)13-6-4-8-15(10-13)33-2/h4-12,19H,3H2,1-2H3,(H,29,31)(H,30,32). The summed E-state index contributed by atoms with van der Waals surface area (Å²) in [5.41, 5.74) is -0.340. The SMILES string of the molecule is CCC(Sc1cccc(NC(=O)c2cccc(OC)c2)c1)C(=O)Nc1c(F)c(F)cc(F)c1F. The minimum absolute atomic E-state index is 0.0672. The molecule has 3 rings (SSSR count). The normalized spacial score (nSPS) is 11.6. The number of hydrogen-bond donors (Lipinski definition) is 2. The van der Waals surface area contributed by atoms with E-state index in [9.17, 15) is 27.2 Å². The van der Waals surface area contributed by atoms with E-state index in [4.69, 9.17) is 4.74 Å². The van der Waals surface area contributed by atoms with Gasteiger partial charge >= 0.3 is 0 Å². The molecule has 0 saturated heterocycles. The van der Waals surface area contributed by atoms with Crippen LogP contribution in [-0.2, 0) is 4.79 Å². The first-order chi connectivity index (χ1) is 16.2. The highest BCUT2D eigenvalue weighted by Gasteiger charge is 2.25. The van der Waals surface area contributed by atoms with Gasteiger partial charge in [0.25, 0.3) is 5.91 Å². The van der Waals surface area contributed by atoms with Crippen LogP contribution in [0.3, 0.4) is 0 Å². The maximum absolute atomic E-state index is 13.9. The Morgan fingerprint density at radius 1 is 0.941 bits per heavy atom. The van der Waals surface area contributed by atoms with Gasteiger partial charge in [0.15, 0.2) is 23.3 Å². The number of benzene rings is 3. The number of anilines is 2. The molecule has 0 bridgehead atoms. The molecule has 5 nitrogen and oxygen atoms in total. The van der Waals surface area contributed by atoms with E-state index in [2.05, 4.69) is 5.32 Å². The van der Waals surface area contributed by atoms with E-state index in [1.54, 1.807) is 55.5 Å². The lowest BCUT2D eigenvalue weighted by molar-refractivity contribution is -0.115. The van der Waals surface area contributed by atoms with Crippen molar-refractivity contribution in [2.24, 2.45) is 0 Å². The van der Waals surface area contributed by atoms with Crippen molar-refractivity contribution in [2.45, 2.75) is 23.5 Å². The first-order valence-electron chi connectivity index (χ1n) is 10.1. The highest BCUT2D eigenvalue weighted by Crippen LogP contribution is 2.30. The maximum atomic E-state index is 13.9. The van der Waals surface area contributed by atoms with Crippen molar-refractivity contribution in [3.63, 3.8) is 0 Å². The van der Waals surface area contributed by atoms with Crippen LogP contribution >= 0.6 is 11.8 Å². The smallest absolute Gasteiger partial charge is 0.255 e. The van der Waals surface area contributed by atoms with Crippen LogP contribution in [-0.4, -0.2) is 24.2 Å². The minimum atomic E-state index is -1.69. The van der Waals surface area contributed by atoms with Crippen molar-refractivity contribution in [2.75, 3.05) is 17.7 Å². The number of hydrogen-bond acceptors (Lipinski definition) is 4. The summed E-state index contributed by atoms with van der Waals surface area (Å²) in [7, 11) is 1.49. The number of nitrogens with one attached hydrogen (secondary N) is 2. The van der Waals surface area contributed by atoms with Crippen molar-refractivity contribution in [3.05, 3.63) is 83.4 Å². The third kappa shape index (κ3) is 5.88. The van der Waals surface area contributed by atoms with E-state index in [0.29, 0.717) is 21.9 Å². The predicted octanol–water partition coefficient (Wildman–Crippen LogP) is 6.01. The highest BCUT2D eigenvalue weighted by molar-refractivity contribution is 8.00. The summed E-state index contributed by atoms with van der Waals surface area (Å²) in [5.74, 6) is -7.28. The Bertz CT molecular complexity index is 1200. The number of ether oxygens (including phenoxy) is 1. The Morgan fingerprint density at radius 3 is 2.26 bits per heavy atom. The quantitative estimate of drug-likeness (QED) is 0.230. The summed E-state index contributed by atoms with van der Waals surface area (Å²) in [4.78, 5) is 25.7. The molecule has 0 heterocycles. The van der Waals surface area contributed by atoms with Gasteiger partial charge in [0.05, 0.1) is 12.4 Å². The molecule has 10 heteroatoms. The number of carbonyl (C=O) groups excluding carboxylic acids is 2. The lowest BCUT2D eigenvalue weighted by Crippen LogP contribution is -2.26. The fourth-order valence-corrected chi connectivity index (χ4v) is 4.00. The van der Waals surface area contributed by atoms with E-state index in [1.807, 2.05) is 5.32 Å². The number of methoxy groups -OCH3 is 1. The van der Waals surface area contributed by atoms with Crippen molar-refractivity contribution < 1.29 is 31.9 Å². The van der Waals surface area contributed by atoms with Gasteiger partial charge < -0.3 is 15.4 Å². The summed E-state index contributed by atoms with van der Waals surface area (Å²) in [5, 5.41) is 3.85. The fourth-order valence-electron chi connectivity index (χ4n) is 2.99. The molecule has 0 aliphatic rings. The Labute approximate surface area is 197 Å². The second-order valence-corrected chi connectivity index (χ2v) is 8.34. The molecule has 0 aliphatic heterocycles. The van der Waals surface area contributed by atoms with E-state index in [-0.39, 0.29) is 18.4 Å². The Hall–Kier alpha value is -3.53. The average Bonchev–Trinajstić information content (AvgIpc) is 2.84. The molecule has 0 fully saturated rings. The highest BCUT2D eigenvalue weighted by atomic mass is 32.2. The Kier molecular flexibility index (Phi) is 8.17. The molecule has 1 atom stereocenters. The molecule has 2 N–H and O–H groups in total. The lowest BCUT2D eigenvalue weighted by atomic mass is 10.2. The van der Waals surface area contributed by atoms with Gasteiger partial charge in [-0.2, -0.15) is 0 Å². The van der Waals surface area contributed by atoms with Gasteiger partial charge in [-0.1, -0.05) is 19.1 Å². The van der Waals surface area contributed by atoms with Gasteiger partial charge in [-0.3, -0.25) is 9.59 Å². The Balaban J connectivity index is 1.73. The number of halogens is 4. The Morgan fingerprint density at radius 2 is 1.62 bits per heavy atom. The van der Waals surface area contributed by atoms with Gasteiger partial charge in [0, 0.05) is 22.2 Å². The van der Waals surface area contributed by atoms with Gasteiger partial charge in [-0.05, 0) is 42.8 Å². The van der Waals surface area contributed by atoms with E-state index in [0.717, 1.165) is 11.8 Å². The number of carbonyl (C=O) groups is 2. The summed E-state index contributed by atoms with van der Waals surface area (Å²) < 4.78 is 59.8. The molecule has 0 aliphatic carbocycles. The lowest BCUT2D eigenvalue weighted by Gasteiger charge is -2.16. The summed E-state index contributed by atoms with van der Waals surface area (Å²) >= 11 is 1.06. The summed E-state index contributed by atoms with van der Waals surface area (Å²) in [6.07, 6.45) is 0.248. The first kappa shape index (κ1) is 25.1. The van der Waals surface area contributed by atoms with Crippen LogP contribution in [0.15, 0.2) is 59.5 Å². The zero-order valence-electron chi connectivity index (χ0n) is 18.1. The van der Waals surface area contributed by atoms with Crippen LogP contribution in [0.2, 0.25) is 0 Å². The fraction of sp³-hybridized carbons (Fsp3) is 0.167. The number of rotatable bonds is 8. The average molecular weight is 492 g/mol. The molecule has 0 radical (unpaired) electrons. The van der Waals surface area contributed by atoms with Crippen LogP contribution in [0, 0.1) is 23.3 Å². The van der Waals surface area contributed by atoms with Gasteiger partial charge in [0.2, 0.25) is 5.91 Å². The summed E-state index contributed by atoms with van der Waals surface area (Å²) in [6.45, 7) is 1.67. The van der Waals surface area contributed by atoms with Gasteiger partial charge in [0.1, 0.15) is 11.4 Å². The molecule has 0 spiro atoms. The third-order valence-corrected chi connectivity index (χ3v) is 6.08. The second-order valence-electron chi connectivity index (χ2n) is 7.06. The first-order valence-corrected chi connectivity index (χ1v) is 11.0. The zero-order valence-corrected chi connectivity index (χ0v) is 18.9. The molecular weight excluding hydrogens is 472 g/mol. The molecule has 178 valence electrons. The summed E-state index contributed by atoms with van der Waals surface area (Å²) in [6, 6.07) is 13.3. The van der Waals surface area contributed by atoms with Crippen LogP contribution in [0.5, 0.6) is 5.75 Å². The topological polar surface area (TPSA) is 67.4 Å². The van der Waals surface area contributed by atoms with Crippen LogP contribution in [0.4, 0.5) is 28.9 Å². The van der Waals surface area contributed by atoms with Crippen LogP contribution < -0.4 is 15.4 Å². The monoisotopic (exact) mass is 492 g/mol. The van der Waals surface area contributed by atoms with Crippen LogP contribution in [0.1, 0.15) is 23.7 Å². The molecule has 3 aromatic rings. The number of amides is 2. The second kappa shape index (κ2) is 11.1. The van der Waals surface area contributed by atoms with E-state index in [1.165, 1.54) is 7.11 Å². The minimum Gasteiger partial charge on any atom is -0.497 e. The molecule has 2 amide bonds. The third-order valence-electron chi connectivity index (χ3n) is 4.73. The molecule has 0 aromatic heterocycles. The zero-order chi connectivity index (χ0) is 24.8. The van der Waals surface area contributed by atoms with Crippen molar-refractivity contribution in [1.29, 1.82) is 0 Å². The number of thioether (sulfide) groups is 1. The largest absolute Gasteiger partial charge is 0.497 e. The van der Waals surface area contributed by atoms with E-state index < -0.39 is 40.1 Å². The predicted molar refractivity (Wildman–Crippen MR) is 122 cm³/mol. The molecule has 0 saturated carbocycles. The van der Waals surface area contributed by atoms with Gasteiger partial charge in [-0.25, -0.2) is 17.6 Å². The van der Waals surface area contributed by atoms with Crippen molar-refractivity contribution >= 4 is 35.0 Å².